The molecule has 1 aliphatic rings. The van der Waals surface area contributed by atoms with Crippen LogP contribution in [0.25, 0.3) is 0 Å². The van der Waals surface area contributed by atoms with Crippen LogP contribution >= 0.6 is 0 Å². The van der Waals surface area contributed by atoms with E-state index >= 15 is 0 Å². The summed E-state index contributed by atoms with van der Waals surface area (Å²) < 4.78 is 5.30. The molecule has 0 saturated carbocycles. The van der Waals surface area contributed by atoms with Crippen molar-refractivity contribution >= 4 is 0 Å². The summed E-state index contributed by atoms with van der Waals surface area (Å²) in [5.41, 5.74) is -0.497. The number of likely N-dealkylation sites (tertiary alicyclic amines) is 1. The van der Waals surface area contributed by atoms with Gasteiger partial charge >= 0.3 is 0 Å². The molecule has 1 atom stereocenters. The molecule has 1 heterocycles. The zero-order valence-corrected chi connectivity index (χ0v) is 9.62. The van der Waals surface area contributed by atoms with Gasteiger partial charge in [0.25, 0.3) is 0 Å². The second kappa shape index (κ2) is 5.10. The molecule has 14 heavy (non-hydrogen) atoms. The highest BCUT2D eigenvalue weighted by atomic mass is 16.5. The first-order valence-corrected chi connectivity index (χ1v) is 5.61. The summed E-state index contributed by atoms with van der Waals surface area (Å²) in [4.78, 5) is 2.31. The summed E-state index contributed by atoms with van der Waals surface area (Å²) in [6.07, 6.45) is 3.13. The molecule has 0 amide bonds. The molecular weight excluding hydrogens is 178 g/mol. The molecule has 0 aromatic rings. The number of ether oxygens (including phenoxy) is 1. The van der Waals surface area contributed by atoms with Crippen LogP contribution in [0.5, 0.6) is 0 Å². The maximum atomic E-state index is 10.2. The Bertz CT molecular complexity index is 169. The van der Waals surface area contributed by atoms with Gasteiger partial charge in [0.1, 0.15) is 0 Å². The van der Waals surface area contributed by atoms with Gasteiger partial charge in [-0.2, -0.15) is 0 Å². The molecule has 1 unspecified atom stereocenters. The van der Waals surface area contributed by atoms with Gasteiger partial charge in [-0.3, -0.25) is 4.90 Å². The molecule has 1 rings (SSSR count). The third-order valence-corrected chi connectivity index (χ3v) is 3.40. The van der Waals surface area contributed by atoms with Gasteiger partial charge in [0, 0.05) is 26.7 Å². The molecule has 1 fully saturated rings. The van der Waals surface area contributed by atoms with E-state index in [-0.39, 0.29) is 0 Å². The molecule has 0 aliphatic carbocycles. The van der Waals surface area contributed by atoms with Gasteiger partial charge in [0.05, 0.1) is 11.7 Å². The lowest BCUT2D eigenvalue weighted by atomic mass is 9.97. The first kappa shape index (κ1) is 12.0. The lowest BCUT2D eigenvalue weighted by Gasteiger charge is -2.30. The Morgan fingerprint density at radius 3 is 2.50 bits per heavy atom. The molecule has 0 radical (unpaired) electrons. The van der Waals surface area contributed by atoms with Crippen molar-refractivity contribution in [3.63, 3.8) is 0 Å². The number of rotatable bonds is 5. The number of hydrogen-bond donors (Lipinski definition) is 1. The summed E-state index contributed by atoms with van der Waals surface area (Å²) in [7, 11) is 1.76. The largest absolute Gasteiger partial charge is 0.389 e. The molecule has 3 nitrogen and oxygen atoms in total. The predicted octanol–water partition coefficient (Wildman–Crippen LogP) is 1.26. The summed E-state index contributed by atoms with van der Waals surface area (Å²) in [5.74, 6) is 0. The fourth-order valence-electron chi connectivity index (χ4n) is 2.02. The van der Waals surface area contributed by atoms with E-state index in [4.69, 9.17) is 4.74 Å². The summed E-state index contributed by atoms with van der Waals surface area (Å²) in [5, 5.41) is 10.2. The van der Waals surface area contributed by atoms with Crippen LogP contribution in [0.3, 0.4) is 0 Å². The SMILES string of the molecule is CCC(O)(CC)CN1CCC(OC)C1. The van der Waals surface area contributed by atoms with Crippen LogP contribution in [-0.2, 0) is 4.74 Å². The van der Waals surface area contributed by atoms with E-state index in [0.29, 0.717) is 6.10 Å². The van der Waals surface area contributed by atoms with Crippen molar-refractivity contribution in [3.05, 3.63) is 0 Å². The average Bonchev–Trinajstić information content (AvgIpc) is 2.65. The monoisotopic (exact) mass is 201 g/mol. The van der Waals surface area contributed by atoms with Crippen molar-refractivity contribution < 1.29 is 9.84 Å². The van der Waals surface area contributed by atoms with Gasteiger partial charge < -0.3 is 9.84 Å². The van der Waals surface area contributed by atoms with Crippen molar-refractivity contribution in [2.45, 2.75) is 44.8 Å². The van der Waals surface area contributed by atoms with Crippen molar-refractivity contribution in [3.8, 4) is 0 Å². The van der Waals surface area contributed by atoms with Crippen LogP contribution in [0.15, 0.2) is 0 Å². The zero-order chi connectivity index (χ0) is 10.6. The highest BCUT2D eigenvalue weighted by Crippen LogP contribution is 2.20. The molecule has 0 spiro atoms. The molecule has 1 N–H and O–H groups in total. The average molecular weight is 201 g/mol. The maximum absolute atomic E-state index is 10.2. The van der Waals surface area contributed by atoms with Crippen LogP contribution in [0.1, 0.15) is 33.1 Å². The van der Waals surface area contributed by atoms with Crippen LogP contribution in [0, 0.1) is 0 Å². The molecule has 1 aliphatic heterocycles. The molecular formula is C11H23NO2. The van der Waals surface area contributed by atoms with E-state index in [1.165, 1.54) is 0 Å². The van der Waals surface area contributed by atoms with E-state index in [9.17, 15) is 5.11 Å². The predicted molar refractivity (Wildman–Crippen MR) is 57.4 cm³/mol. The first-order valence-electron chi connectivity index (χ1n) is 5.61. The van der Waals surface area contributed by atoms with E-state index in [0.717, 1.165) is 38.9 Å². The van der Waals surface area contributed by atoms with Gasteiger partial charge in [0.15, 0.2) is 0 Å². The van der Waals surface area contributed by atoms with Gasteiger partial charge in [0.2, 0.25) is 0 Å². The Morgan fingerprint density at radius 1 is 1.43 bits per heavy atom. The van der Waals surface area contributed by atoms with Crippen LogP contribution in [0.4, 0.5) is 0 Å². The van der Waals surface area contributed by atoms with Crippen LogP contribution in [0.2, 0.25) is 0 Å². The van der Waals surface area contributed by atoms with E-state index in [1.54, 1.807) is 7.11 Å². The lowest BCUT2D eigenvalue weighted by molar-refractivity contribution is -0.00163. The second-order valence-electron chi connectivity index (χ2n) is 4.31. The number of β-amino-alcohol motifs (C(OH)–C–C–N with tert-alkyl or cyclic N) is 1. The Balaban J connectivity index is 2.37. The number of aliphatic hydroxyl groups is 1. The maximum Gasteiger partial charge on any atom is 0.0768 e. The quantitative estimate of drug-likeness (QED) is 0.727. The minimum Gasteiger partial charge on any atom is -0.389 e. The Hall–Kier alpha value is -0.120. The fraction of sp³-hybridized carbons (Fsp3) is 1.00. The summed E-state index contributed by atoms with van der Waals surface area (Å²) in [6, 6.07) is 0. The third kappa shape index (κ3) is 2.94. The number of nitrogens with zero attached hydrogens (tertiary/aromatic N) is 1. The number of methoxy groups -OCH3 is 1. The number of hydrogen-bond acceptors (Lipinski definition) is 3. The van der Waals surface area contributed by atoms with Crippen molar-refractivity contribution in [2.24, 2.45) is 0 Å². The van der Waals surface area contributed by atoms with E-state index < -0.39 is 5.60 Å². The minimum absolute atomic E-state index is 0.368. The van der Waals surface area contributed by atoms with Gasteiger partial charge in [-0.25, -0.2) is 0 Å². The normalized spacial score (nSPS) is 24.4. The lowest BCUT2D eigenvalue weighted by Crippen LogP contribution is -2.41. The van der Waals surface area contributed by atoms with Crippen molar-refractivity contribution in [1.82, 2.24) is 4.90 Å². The molecule has 0 bridgehead atoms. The zero-order valence-electron chi connectivity index (χ0n) is 9.62. The Morgan fingerprint density at radius 2 is 2.07 bits per heavy atom. The summed E-state index contributed by atoms with van der Waals surface area (Å²) in [6.45, 7) is 6.92. The molecule has 84 valence electrons. The standard InChI is InChI=1S/C11H23NO2/c1-4-11(13,5-2)9-12-7-6-10(8-12)14-3/h10,13H,4-9H2,1-3H3. The Labute approximate surface area is 87.1 Å². The molecule has 1 saturated heterocycles. The molecule has 0 aromatic heterocycles. The second-order valence-corrected chi connectivity index (χ2v) is 4.31. The van der Waals surface area contributed by atoms with E-state index in [2.05, 4.69) is 4.90 Å². The van der Waals surface area contributed by atoms with Crippen LogP contribution < -0.4 is 0 Å². The van der Waals surface area contributed by atoms with E-state index in [1.807, 2.05) is 13.8 Å². The highest BCUT2D eigenvalue weighted by molar-refractivity contribution is 4.84. The highest BCUT2D eigenvalue weighted by Gasteiger charge is 2.30. The summed E-state index contributed by atoms with van der Waals surface area (Å²) >= 11 is 0. The minimum atomic E-state index is -0.497. The van der Waals surface area contributed by atoms with Crippen LogP contribution in [-0.4, -0.2) is 48.5 Å². The molecule has 3 heteroatoms. The van der Waals surface area contributed by atoms with Gasteiger partial charge in [-0.05, 0) is 19.3 Å². The van der Waals surface area contributed by atoms with Crippen molar-refractivity contribution in [1.29, 1.82) is 0 Å². The fourth-order valence-corrected chi connectivity index (χ4v) is 2.02. The topological polar surface area (TPSA) is 32.7 Å². The van der Waals surface area contributed by atoms with Gasteiger partial charge in [-0.1, -0.05) is 13.8 Å². The third-order valence-electron chi connectivity index (χ3n) is 3.40. The van der Waals surface area contributed by atoms with Gasteiger partial charge in [-0.15, -0.1) is 0 Å². The first-order chi connectivity index (χ1) is 6.63. The van der Waals surface area contributed by atoms with Crippen molar-refractivity contribution in [2.75, 3.05) is 26.7 Å². The Kier molecular flexibility index (Phi) is 4.35. The smallest absolute Gasteiger partial charge is 0.0768 e. The molecule has 0 aromatic carbocycles.